The summed E-state index contributed by atoms with van der Waals surface area (Å²) in [5.41, 5.74) is 0.178. The summed E-state index contributed by atoms with van der Waals surface area (Å²) in [6.45, 7) is 1.79. The fraction of sp³-hybridized carbons (Fsp3) is 0.100. The highest BCUT2D eigenvalue weighted by molar-refractivity contribution is 5.85. The normalized spacial score (nSPS) is 10.3. The molecule has 2 heterocycles. The van der Waals surface area contributed by atoms with Crippen LogP contribution in [0.15, 0.2) is 29.2 Å². The van der Waals surface area contributed by atoms with Gasteiger partial charge in [-0.3, -0.25) is 9.89 Å². The average molecular weight is 219 g/mol. The summed E-state index contributed by atoms with van der Waals surface area (Å²) in [5, 5.41) is 11.2. The number of aromatic nitrogens is 3. The molecule has 0 fully saturated rings. The van der Waals surface area contributed by atoms with Crippen molar-refractivity contribution in [1.29, 1.82) is 0 Å². The van der Waals surface area contributed by atoms with Crippen LogP contribution in [-0.2, 0) is 0 Å². The van der Waals surface area contributed by atoms with Crippen LogP contribution in [0.3, 0.4) is 0 Å². The summed E-state index contributed by atoms with van der Waals surface area (Å²) in [7, 11) is 0. The van der Waals surface area contributed by atoms with Crippen LogP contribution in [-0.4, -0.2) is 25.8 Å². The molecule has 0 unspecified atom stereocenters. The summed E-state index contributed by atoms with van der Waals surface area (Å²) in [5.74, 6) is -0.774. The van der Waals surface area contributed by atoms with Crippen LogP contribution in [0.4, 0.5) is 0 Å². The van der Waals surface area contributed by atoms with E-state index in [4.69, 9.17) is 5.11 Å². The van der Waals surface area contributed by atoms with Crippen molar-refractivity contribution in [3.05, 3.63) is 46.0 Å². The summed E-state index contributed by atoms with van der Waals surface area (Å²) >= 11 is 0. The van der Waals surface area contributed by atoms with E-state index in [1.54, 1.807) is 19.1 Å². The van der Waals surface area contributed by atoms with Gasteiger partial charge in [0.2, 0.25) is 0 Å². The second-order valence-corrected chi connectivity index (χ2v) is 3.29. The standard InChI is InChI=1S/C10H9N3O3/c1-6-3-2-4-11-9(6)13-8(14)5-7(12-13)10(15)16/h2-5,12H,1H3,(H,15,16). The molecule has 0 aliphatic rings. The maximum absolute atomic E-state index is 11.5. The van der Waals surface area contributed by atoms with Gasteiger partial charge in [-0.05, 0) is 18.6 Å². The number of aromatic carboxylic acids is 1. The first-order valence-corrected chi connectivity index (χ1v) is 4.57. The van der Waals surface area contributed by atoms with E-state index in [1.165, 1.54) is 6.20 Å². The van der Waals surface area contributed by atoms with Gasteiger partial charge in [0.1, 0.15) is 5.69 Å². The first-order valence-electron chi connectivity index (χ1n) is 4.57. The van der Waals surface area contributed by atoms with Gasteiger partial charge in [0.05, 0.1) is 0 Å². The Bertz CT molecular complexity index is 597. The fourth-order valence-corrected chi connectivity index (χ4v) is 1.37. The van der Waals surface area contributed by atoms with E-state index in [0.717, 1.165) is 16.3 Å². The van der Waals surface area contributed by atoms with Crippen LogP contribution in [0.2, 0.25) is 0 Å². The first kappa shape index (κ1) is 10.2. The maximum atomic E-state index is 11.5. The number of H-pyrrole nitrogens is 1. The van der Waals surface area contributed by atoms with Gasteiger partial charge in [-0.2, -0.15) is 0 Å². The lowest BCUT2D eigenvalue weighted by Crippen LogP contribution is -2.16. The predicted octanol–water partition coefficient (Wildman–Crippen LogP) is 0.567. The topological polar surface area (TPSA) is 88.0 Å². The fourth-order valence-electron chi connectivity index (χ4n) is 1.37. The zero-order valence-corrected chi connectivity index (χ0v) is 8.47. The molecule has 0 bridgehead atoms. The highest BCUT2D eigenvalue weighted by atomic mass is 16.4. The van der Waals surface area contributed by atoms with Crippen molar-refractivity contribution in [1.82, 2.24) is 14.8 Å². The number of carbonyl (C=O) groups is 1. The molecule has 82 valence electrons. The SMILES string of the molecule is Cc1cccnc1-n1[nH]c(C(=O)O)cc1=O. The molecule has 0 saturated heterocycles. The van der Waals surface area contributed by atoms with Gasteiger partial charge in [-0.1, -0.05) is 6.07 Å². The summed E-state index contributed by atoms with van der Waals surface area (Å²) in [6, 6.07) is 4.55. The minimum atomic E-state index is -1.18. The number of rotatable bonds is 2. The molecule has 0 saturated carbocycles. The maximum Gasteiger partial charge on any atom is 0.353 e. The molecule has 2 rings (SSSR count). The molecule has 0 atom stereocenters. The number of aromatic amines is 1. The van der Waals surface area contributed by atoms with Crippen molar-refractivity contribution in [3.63, 3.8) is 0 Å². The number of aryl methyl sites for hydroxylation is 1. The van der Waals surface area contributed by atoms with Gasteiger partial charge in [-0.25, -0.2) is 14.5 Å². The molecule has 6 nitrogen and oxygen atoms in total. The Morgan fingerprint density at radius 1 is 1.56 bits per heavy atom. The number of nitrogens with one attached hydrogen (secondary N) is 1. The Labute approximate surface area is 90.2 Å². The minimum absolute atomic E-state index is 0.157. The third-order valence-corrected chi connectivity index (χ3v) is 2.14. The van der Waals surface area contributed by atoms with Crippen LogP contribution in [0.25, 0.3) is 5.82 Å². The molecule has 0 aromatic carbocycles. The van der Waals surface area contributed by atoms with E-state index >= 15 is 0 Å². The van der Waals surface area contributed by atoms with Crippen molar-refractivity contribution in [3.8, 4) is 5.82 Å². The molecule has 0 radical (unpaired) electrons. The van der Waals surface area contributed by atoms with Crippen molar-refractivity contribution in [2.75, 3.05) is 0 Å². The number of carboxylic acid groups (broad SMARTS) is 1. The third-order valence-electron chi connectivity index (χ3n) is 2.14. The average Bonchev–Trinajstić information content (AvgIpc) is 2.61. The van der Waals surface area contributed by atoms with Crippen molar-refractivity contribution >= 4 is 5.97 Å². The summed E-state index contributed by atoms with van der Waals surface area (Å²) < 4.78 is 1.11. The Kier molecular flexibility index (Phi) is 2.32. The molecule has 2 aromatic heterocycles. The molecule has 0 aliphatic carbocycles. The van der Waals surface area contributed by atoms with E-state index in [-0.39, 0.29) is 5.69 Å². The molecule has 6 heteroatoms. The molecular formula is C10H9N3O3. The lowest BCUT2D eigenvalue weighted by atomic mass is 10.3. The van der Waals surface area contributed by atoms with Crippen LogP contribution in [0.1, 0.15) is 16.1 Å². The number of pyridine rings is 1. The Morgan fingerprint density at radius 3 is 2.88 bits per heavy atom. The first-order chi connectivity index (χ1) is 7.59. The van der Waals surface area contributed by atoms with Crippen LogP contribution in [0, 0.1) is 6.92 Å². The molecule has 0 amide bonds. The van der Waals surface area contributed by atoms with E-state index < -0.39 is 11.5 Å². The number of hydrogen-bond acceptors (Lipinski definition) is 3. The minimum Gasteiger partial charge on any atom is -0.477 e. The Hall–Kier alpha value is -2.37. The van der Waals surface area contributed by atoms with Crippen molar-refractivity contribution in [2.24, 2.45) is 0 Å². The van der Waals surface area contributed by atoms with Gasteiger partial charge < -0.3 is 5.11 Å². The summed E-state index contributed by atoms with van der Waals surface area (Å²) in [4.78, 5) is 26.2. The van der Waals surface area contributed by atoms with E-state index in [2.05, 4.69) is 10.1 Å². The highest BCUT2D eigenvalue weighted by Gasteiger charge is 2.12. The van der Waals surface area contributed by atoms with Crippen LogP contribution < -0.4 is 5.56 Å². The Balaban J connectivity index is 2.61. The van der Waals surface area contributed by atoms with E-state index in [9.17, 15) is 9.59 Å². The molecule has 0 aliphatic heterocycles. The predicted molar refractivity (Wildman–Crippen MR) is 55.9 cm³/mol. The van der Waals surface area contributed by atoms with Gasteiger partial charge in [0.25, 0.3) is 5.56 Å². The molecule has 2 aromatic rings. The third kappa shape index (κ3) is 1.60. The number of hydrogen-bond donors (Lipinski definition) is 2. The zero-order chi connectivity index (χ0) is 11.7. The zero-order valence-electron chi connectivity index (χ0n) is 8.47. The van der Waals surface area contributed by atoms with Gasteiger partial charge >= 0.3 is 5.97 Å². The molecule has 16 heavy (non-hydrogen) atoms. The van der Waals surface area contributed by atoms with Gasteiger partial charge in [0, 0.05) is 12.3 Å². The largest absolute Gasteiger partial charge is 0.477 e. The van der Waals surface area contributed by atoms with Crippen LogP contribution >= 0.6 is 0 Å². The quantitative estimate of drug-likeness (QED) is 0.772. The molecule has 0 spiro atoms. The van der Waals surface area contributed by atoms with Crippen molar-refractivity contribution in [2.45, 2.75) is 6.92 Å². The van der Waals surface area contributed by atoms with E-state index in [1.807, 2.05) is 0 Å². The van der Waals surface area contributed by atoms with Crippen LogP contribution in [0.5, 0.6) is 0 Å². The summed E-state index contributed by atoms with van der Waals surface area (Å²) in [6.07, 6.45) is 1.54. The second kappa shape index (κ2) is 3.65. The lowest BCUT2D eigenvalue weighted by Gasteiger charge is -2.03. The van der Waals surface area contributed by atoms with E-state index in [0.29, 0.717) is 5.82 Å². The lowest BCUT2D eigenvalue weighted by molar-refractivity contribution is 0.0690. The monoisotopic (exact) mass is 219 g/mol. The molecular weight excluding hydrogens is 210 g/mol. The number of nitrogens with zero attached hydrogens (tertiary/aromatic N) is 2. The number of carboxylic acids is 1. The van der Waals surface area contributed by atoms with Gasteiger partial charge in [-0.15, -0.1) is 0 Å². The highest BCUT2D eigenvalue weighted by Crippen LogP contribution is 2.06. The second-order valence-electron chi connectivity index (χ2n) is 3.29. The van der Waals surface area contributed by atoms with Crippen molar-refractivity contribution < 1.29 is 9.90 Å². The molecule has 2 N–H and O–H groups in total. The Morgan fingerprint density at radius 2 is 2.31 bits per heavy atom. The van der Waals surface area contributed by atoms with Gasteiger partial charge in [0.15, 0.2) is 5.82 Å². The smallest absolute Gasteiger partial charge is 0.353 e.